The molecule has 11 heavy (non-hydrogen) atoms. The summed E-state index contributed by atoms with van der Waals surface area (Å²) in [4.78, 5) is 0. The lowest BCUT2D eigenvalue weighted by Gasteiger charge is -2.00. The molecule has 1 aliphatic carbocycles. The van der Waals surface area contributed by atoms with Crippen LogP contribution in [0.3, 0.4) is 0 Å². The molecule has 0 aliphatic heterocycles. The van der Waals surface area contributed by atoms with Gasteiger partial charge in [-0.05, 0) is 18.0 Å². The van der Waals surface area contributed by atoms with Crippen molar-refractivity contribution in [2.45, 2.75) is 12.8 Å². The van der Waals surface area contributed by atoms with Crippen molar-refractivity contribution in [1.82, 2.24) is 10.3 Å². The molecule has 0 bridgehead atoms. The second kappa shape index (κ2) is 2.70. The second-order valence-corrected chi connectivity index (χ2v) is 2.43. The minimum Gasteiger partial charge on any atom is -0.244 e. The molecule has 2 rings (SSSR count). The Morgan fingerprint density at radius 2 is 2.36 bits per heavy atom. The second-order valence-electron chi connectivity index (χ2n) is 2.43. The Bertz CT molecular complexity index is 285. The largest absolute Gasteiger partial charge is 0.244 e. The van der Waals surface area contributed by atoms with Crippen LogP contribution in [0.15, 0.2) is 29.1 Å². The number of hydrogen-bond donors (Lipinski definition) is 0. The molecule has 1 heterocycles. The molecule has 0 saturated carbocycles. The summed E-state index contributed by atoms with van der Waals surface area (Å²) in [6, 6.07) is 0. The van der Waals surface area contributed by atoms with E-state index in [1.54, 1.807) is 6.20 Å². The Hall–Kier alpha value is -1.38. The van der Waals surface area contributed by atoms with E-state index in [0.717, 1.165) is 24.1 Å². The number of rotatable bonds is 1. The zero-order valence-corrected chi connectivity index (χ0v) is 6.03. The first-order chi connectivity index (χ1) is 5.47. The molecule has 56 valence electrons. The third-order valence-electron chi connectivity index (χ3n) is 1.65. The van der Waals surface area contributed by atoms with Gasteiger partial charge in [0.05, 0.1) is 6.20 Å². The monoisotopic (exact) mass is 148 g/mol. The molecule has 0 amide bonds. The predicted molar refractivity (Wildman–Crippen MR) is 40.6 cm³/mol. The molecular weight excluding hydrogens is 140 g/mol. The van der Waals surface area contributed by atoms with E-state index in [2.05, 4.69) is 27.1 Å². The van der Waals surface area contributed by atoms with Gasteiger partial charge in [-0.25, -0.2) is 4.63 Å². The first-order valence-corrected chi connectivity index (χ1v) is 3.61. The van der Waals surface area contributed by atoms with Gasteiger partial charge in [-0.1, -0.05) is 23.4 Å². The van der Waals surface area contributed by atoms with Crippen LogP contribution in [0, 0.1) is 0 Å². The molecule has 0 radical (unpaired) electrons. The van der Waals surface area contributed by atoms with Gasteiger partial charge < -0.3 is 0 Å². The molecule has 0 atom stereocenters. The van der Waals surface area contributed by atoms with Crippen LogP contribution in [-0.2, 0) is 0 Å². The van der Waals surface area contributed by atoms with E-state index >= 15 is 0 Å². The number of hydrogen-bond acceptors (Lipinski definition) is 3. The highest BCUT2D eigenvalue weighted by Gasteiger charge is 2.03. The molecule has 1 aromatic rings. The minimum atomic E-state index is 0.820. The van der Waals surface area contributed by atoms with E-state index in [1.165, 1.54) is 0 Å². The van der Waals surface area contributed by atoms with Crippen molar-refractivity contribution >= 4 is 5.57 Å². The highest BCUT2D eigenvalue weighted by atomic mass is 16.6. The standard InChI is InChI=1S/C8H8N2O/c1-2-4-7(5-3-1)8-6-9-11-10-8/h2,4-6H,1,3H2. The molecule has 0 unspecified atom stereocenters. The van der Waals surface area contributed by atoms with Gasteiger partial charge in [0.15, 0.2) is 0 Å². The Labute approximate surface area is 64.4 Å². The van der Waals surface area contributed by atoms with E-state index in [9.17, 15) is 0 Å². The average Bonchev–Trinajstić information content (AvgIpc) is 2.58. The van der Waals surface area contributed by atoms with Gasteiger partial charge in [-0.2, -0.15) is 0 Å². The maximum atomic E-state index is 4.49. The predicted octanol–water partition coefficient (Wildman–Crippen LogP) is 1.80. The Morgan fingerprint density at radius 1 is 1.36 bits per heavy atom. The van der Waals surface area contributed by atoms with Crippen LogP contribution < -0.4 is 0 Å². The van der Waals surface area contributed by atoms with E-state index in [-0.39, 0.29) is 0 Å². The quantitative estimate of drug-likeness (QED) is 0.609. The van der Waals surface area contributed by atoms with Crippen LogP contribution >= 0.6 is 0 Å². The van der Waals surface area contributed by atoms with Crippen LogP contribution in [0.5, 0.6) is 0 Å². The summed E-state index contributed by atoms with van der Waals surface area (Å²) < 4.78 is 4.49. The van der Waals surface area contributed by atoms with E-state index in [1.807, 2.05) is 6.08 Å². The van der Waals surface area contributed by atoms with Gasteiger partial charge in [-0.3, -0.25) is 0 Å². The van der Waals surface area contributed by atoms with Crippen LogP contribution in [0.1, 0.15) is 18.5 Å². The van der Waals surface area contributed by atoms with Gasteiger partial charge >= 0.3 is 0 Å². The molecule has 1 aromatic heterocycles. The molecule has 3 nitrogen and oxygen atoms in total. The molecular formula is C8H8N2O. The number of aromatic nitrogens is 2. The third kappa shape index (κ3) is 1.22. The maximum Gasteiger partial charge on any atom is 0.134 e. The van der Waals surface area contributed by atoms with Crippen molar-refractivity contribution in [3.8, 4) is 0 Å². The lowest BCUT2D eigenvalue weighted by Crippen LogP contribution is -1.84. The number of allylic oxidation sites excluding steroid dienone is 4. The SMILES string of the molecule is C1=CC(c2cnon2)=CCC1. The summed E-state index contributed by atoms with van der Waals surface area (Å²) in [7, 11) is 0. The fourth-order valence-corrected chi connectivity index (χ4v) is 1.10. The van der Waals surface area contributed by atoms with Gasteiger partial charge in [0.25, 0.3) is 0 Å². The van der Waals surface area contributed by atoms with E-state index < -0.39 is 0 Å². The summed E-state index contributed by atoms with van der Waals surface area (Å²) >= 11 is 0. The van der Waals surface area contributed by atoms with Crippen molar-refractivity contribution in [2.24, 2.45) is 0 Å². The zero-order valence-electron chi connectivity index (χ0n) is 6.03. The van der Waals surface area contributed by atoms with Gasteiger partial charge in [-0.15, -0.1) is 0 Å². The first kappa shape index (κ1) is 6.34. The maximum absolute atomic E-state index is 4.49. The van der Waals surface area contributed by atoms with E-state index in [0.29, 0.717) is 0 Å². The lowest BCUT2D eigenvalue weighted by molar-refractivity contribution is 0.306. The Morgan fingerprint density at radius 3 is 3.00 bits per heavy atom. The smallest absolute Gasteiger partial charge is 0.134 e. The molecule has 0 saturated heterocycles. The molecule has 0 spiro atoms. The minimum absolute atomic E-state index is 0.820. The fraction of sp³-hybridized carbons (Fsp3) is 0.250. The summed E-state index contributed by atoms with van der Waals surface area (Å²) in [6.07, 6.45) is 10.1. The van der Waals surface area contributed by atoms with Crippen LogP contribution in [0.2, 0.25) is 0 Å². The van der Waals surface area contributed by atoms with Crippen molar-refractivity contribution in [3.05, 3.63) is 30.1 Å². The third-order valence-corrected chi connectivity index (χ3v) is 1.65. The van der Waals surface area contributed by atoms with Crippen molar-refractivity contribution in [1.29, 1.82) is 0 Å². The van der Waals surface area contributed by atoms with Gasteiger partial charge in [0.1, 0.15) is 5.69 Å². The average molecular weight is 148 g/mol. The fourth-order valence-electron chi connectivity index (χ4n) is 1.10. The Balaban J connectivity index is 2.29. The topological polar surface area (TPSA) is 38.9 Å². The van der Waals surface area contributed by atoms with Crippen molar-refractivity contribution in [2.75, 3.05) is 0 Å². The molecule has 0 fully saturated rings. The van der Waals surface area contributed by atoms with Gasteiger partial charge in [0, 0.05) is 5.57 Å². The van der Waals surface area contributed by atoms with Crippen LogP contribution in [0.4, 0.5) is 0 Å². The highest BCUT2D eigenvalue weighted by Crippen LogP contribution is 2.18. The summed E-state index contributed by atoms with van der Waals surface area (Å²) in [5.74, 6) is 0. The summed E-state index contributed by atoms with van der Waals surface area (Å²) in [6.45, 7) is 0. The zero-order chi connectivity index (χ0) is 7.52. The van der Waals surface area contributed by atoms with E-state index in [4.69, 9.17) is 0 Å². The van der Waals surface area contributed by atoms with Crippen LogP contribution in [-0.4, -0.2) is 10.3 Å². The molecule has 0 aromatic carbocycles. The number of nitrogens with zero attached hydrogens (tertiary/aromatic N) is 2. The molecule has 3 heteroatoms. The van der Waals surface area contributed by atoms with Crippen molar-refractivity contribution < 1.29 is 4.63 Å². The van der Waals surface area contributed by atoms with Crippen LogP contribution in [0.25, 0.3) is 5.57 Å². The van der Waals surface area contributed by atoms with Gasteiger partial charge in [0.2, 0.25) is 0 Å². The lowest BCUT2D eigenvalue weighted by atomic mass is 10.1. The summed E-state index contributed by atoms with van der Waals surface area (Å²) in [5, 5.41) is 7.27. The Kier molecular flexibility index (Phi) is 1.55. The summed E-state index contributed by atoms with van der Waals surface area (Å²) in [5.41, 5.74) is 1.93. The first-order valence-electron chi connectivity index (χ1n) is 3.61. The molecule has 1 aliphatic rings. The van der Waals surface area contributed by atoms with Crippen molar-refractivity contribution in [3.63, 3.8) is 0 Å². The normalized spacial score (nSPS) is 16.5. The molecule has 0 N–H and O–H groups in total. The highest BCUT2D eigenvalue weighted by molar-refractivity contribution is 5.71.